The number of hydrogen-bond donors (Lipinski definition) is 2. The van der Waals surface area contributed by atoms with Crippen molar-refractivity contribution in [2.45, 2.75) is 26.8 Å². The molecular formula is C15H25N3O2. The molecule has 0 saturated carbocycles. The zero-order valence-electron chi connectivity index (χ0n) is 12.8. The number of nitrogens with zero attached hydrogens (tertiary/aromatic N) is 1. The summed E-state index contributed by atoms with van der Waals surface area (Å²) in [6, 6.07) is 5.54. The third-order valence-corrected chi connectivity index (χ3v) is 3.19. The minimum atomic E-state index is -0.0782. The Bertz CT molecular complexity index is 449. The Balaban J connectivity index is 3.18. The van der Waals surface area contributed by atoms with Crippen LogP contribution in [0.5, 0.6) is 0 Å². The number of anilines is 2. The van der Waals surface area contributed by atoms with Gasteiger partial charge in [0.1, 0.15) is 0 Å². The van der Waals surface area contributed by atoms with E-state index in [1.165, 1.54) is 0 Å². The first-order chi connectivity index (χ1) is 9.54. The van der Waals surface area contributed by atoms with Crippen LogP contribution in [0.25, 0.3) is 0 Å². The Hall–Kier alpha value is -1.75. The van der Waals surface area contributed by atoms with Crippen LogP contribution in [0.1, 0.15) is 31.1 Å². The van der Waals surface area contributed by atoms with E-state index in [2.05, 4.69) is 24.1 Å². The van der Waals surface area contributed by atoms with E-state index in [0.717, 1.165) is 12.2 Å². The summed E-state index contributed by atoms with van der Waals surface area (Å²) < 4.78 is 5.21. The Morgan fingerprint density at radius 1 is 1.45 bits per heavy atom. The van der Waals surface area contributed by atoms with E-state index in [0.29, 0.717) is 24.4 Å². The highest BCUT2D eigenvalue weighted by Crippen LogP contribution is 2.25. The maximum Gasteiger partial charge on any atom is 0.253 e. The van der Waals surface area contributed by atoms with Crippen LogP contribution in [-0.4, -0.2) is 38.8 Å². The Morgan fingerprint density at radius 2 is 2.15 bits per heavy atom. The van der Waals surface area contributed by atoms with Gasteiger partial charge in [0.25, 0.3) is 5.91 Å². The van der Waals surface area contributed by atoms with E-state index in [1.54, 1.807) is 19.2 Å². The van der Waals surface area contributed by atoms with Crippen LogP contribution in [0.15, 0.2) is 18.2 Å². The minimum Gasteiger partial charge on any atom is -0.399 e. The van der Waals surface area contributed by atoms with E-state index in [9.17, 15) is 4.79 Å². The van der Waals surface area contributed by atoms with E-state index < -0.39 is 0 Å². The van der Waals surface area contributed by atoms with Crippen molar-refractivity contribution >= 4 is 17.3 Å². The second-order valence-electron chi connectivity index (χ2n) is 4.73. The van der Waals surface area contributed by atoms with Gasteiger partial charge in [0, 0.05) is 31.9 Å². The molecule has 0 aromatic heterocycles. The highest BCUT2D eigenvalue weighted by molar-refractivity contribution is 6.00. The predicted molar refractivity (Wildman–Crippen MR) is 83.2 cm³/mol. The molecule has 0 radical (unpaired) electrons. The number of amides is 1. The number of nitrogens with two attached hydrogens (primary N) is 1. The highest BCUT2D eigenvalue weighted by Gasteiger charge is 2.19. The van der Waals surface area contributed by atoms with Crippen LogP contribution in [-0.2, 0) is 4.74 Å². The van der Waals surface area contributed by atoms with E-state index in [1.807, 2.05) is 13.0 Å². The number of methoxy groups -OCH3 is 1. The van der Waals surface area contributed by atoms with Crippen LogP contribution in [0.3, 0.4) is 0 Å². The van der Waals surface area contributed by atoms with Gasteiger partial charge in [0.05, 0.1) is 17.9 Å². The van der Waals surface area contributed by atoms with E-state index in [-0.39, 0.29) is 11.9 Å². The van der Waals surface area contributed by atoms with Crippen molar-refractivity contribution in [3.8, 4) is 0 Å². The lowest BCUT2D eigenvalue weighted by atomic mass is 10.1. The molecule has 1 aromatic carbocycles. The van der Waals surface area contributed by atoms with Crippen LogP contribution in [0, 0.1) is 0 Å². The van der Waals surface area contributed by atoms with Gasteiger partial charge in [0.2, 0.25) is 0 Å². The van der Waals surface area contributed by atoms with Crippen molar-refractivity contribution in [1.29, 1.82) is 0 Å². The molecule has 0 fully saturated rings. The largest absolute Gasteiger partial charge is 0.399 e. The summed E-state index contributed by atoms with van der Waals surface area (Å²) in [5.74, 6) is -0.0782. The fourth-order valence-corrected chi connectivity index (χ4v) is 2.28. The lowest BCUT2D eigenvalue weighted by Crippen LogP contribution is -2.38. The monoisotopic (exact) mass is 279 g/mol. The summed E-state index contributed by atoms with van der Waals surface area (Å²) in [5, 5.41) is 2.83. The van der Waals surface area contributed by atoms with E-state index >= 15 is 0 Å². The number of ether oxygens (including phenoxy) is 1. The smallest absolute Gasteiger partial charge is 0.253 e. The molecule has 112 valence electrons. The third-order valence-electron chi connectivity index (χ3n) is 3.19. The molecule has 1 atom stereocenters. The zero-order chi connectivity index (χ0) is 15.1. The van der Waals surface area contributed by atoms with Gasteiger partial charge in [-0.1, -0.05) is 0 Å². The molecule has 0 spiro atoms. The van der Waals surface area contributed by atoms with E-state index in [4.69, 9.17) is 10.5 Å². The third kappa shape index (κ3) is 3.87. The first-order valence-corrected chi connectivity index (χ1v) is 6.98. The molecule has 20 heavy (non-hydrogen) atoms. The molecule has 0 aliphatic rings. The lowest BCUT2D eigenvalue weighted by molar-refractivity contribution is 0.0956. The van der Waals surface area contributed by atoms with Gasteiger partial charge in [-0.15, -0.1) is 0 Å². The fraction of sp³-hybridized carbons (Fsp3) is 0.533. The van der Waals surface area contributed by atoms with Gasteiger partial charge < -0.3 is 20.7 Å². The molecule has 0 saturated heterocycles. The quantitative estimate of drug-likeness (QED) is 0.748. The number of nitrogen functional groups attached to an aromatic ring is 1. The minimum absolute atomic E-state index is 0.0782. The number of rotatable bonds is 7. The lowest BCUT2D eigenvalue weighted by Gasteiger charge is -2.31. The number of nitrogens with one attached hydrogen (secondary N) is 1. The molecular weight excluding hydrogens is 254 g/mol. The number of hydrogen-bond acceptors (Lipinski definition) is 4. The second kappa shape index (κ2) is 7.75. The Kier molecular flexibility index (Phi) is 6.31. The topological polar surface area (TPSA) is 67.6 Å². The highest BCUT2D eigenvalue weighted by atomic mass is 16.5. The van der Waals surface area contributed by atoms with Crippen molar-refractivity contribution < 1.29 is 9.53 Å². The maximum absolute atomic E-state index is 12.2. The SMILES string of the molecule is CCNC(=O)c1ccc(N)cc1N(CC)C(C)COC. The van der Waals surface area contributed by atoms with Crippen LogP contribution in [0.2, 0.25) is 0 Å². The molecule has 1 aromatic rings. The summed E-state index contributed by atoms with van der Waals surface area (Å²) in [6.07, 6.45) is 0. The van der Waals surface area contributed by atoms with Gasteiger partial charge in [-0.3, -0.25) is 4.79 Å². The summed E-state index contributed by atoms with van der Waals surface area (Å²) >= 11 is 0. The molecule has 1 amide bonds. The number of benzene rings is 1. The summed E-state index contributed by atoms with van der Waals surface area (Å²) in [5.41, 5.74) is 8.02. The predicted octanol–water partition coefficient (Wildman–Crippen LogP) is 1.88. The van der Waals surface area contributed by atoms with Gasteiger partial charge >= 0.3 is 0 Å². The Labute approximate surface area is 121 Å². The molecule has 0 heterocycles. The Morgan fingerprint density at radius 3 is 2.70 bits per heavy atom. The first kappa shape index (κ1) is 16.3. The molecule has 3 N–H and O–H groups in total. The van der Waals surface area contributed by atoms with Crippen molar-refractivity contribution in [2.24, 2.45) is 0 Å². The van der Waals surface area contributed by atoms with Crippen molar-refractivity contribution in [3.63, 3.8) is 0 Å². The summed E-state index contributed by atoms with van der Waals surface area (Å²) in [7, 11) is 1.67. The molecule has 1 rings (SSSR count). The molecule has 0 aliphatic carbocycles. The van der Waals surface area contributed by atoms with Crippen LogP contribution in [0.4, 0.5) is 11.4 Å². The second-order valence-corrected chi connectivity index (χ2v) is 4.73. The average molecular weight is 279 g/mol. The van der Waals surface area contributed by atoms with Crippen LogP contribution >= 0.6 is 0 Å². The molecule has 0 bridgehead atoms. The van der Waals surface area contributed by atoms with Crippen LogP contribution < -0.4 is 16.0 Å². The van der Waals surface area contributed by atoms with Crippen molar-refractivity contribution in [3.05, 3.63) is 23.8 Å². The normalized spacial score (nSPS) is 12.0. The fourth-order valence-electron chi connectivity index (χ4n) is 2.28. The number of likely N-dealkylation sites (N-methyl/N-ethyl adjacent to an activating group) is 1. The molecule has 5 nitrogen and oxygen atoms in total. The van der Waals surface area contributed by atoms with Gasteiger partial charge in [-0.05, 0) is 39.0 Å². The van der Waals surface area contributed by atoms with Crippen molar-refractivity contribution in [1.82, 2.24) is 5.32 Å². The number of carbonyl (C=O) groups excluding carboxylic acids is 1. The standard InChI is InChI=1S/C15H25N3O2/c1-5-17-15(19)13-8-7-12(16)9-14(13)18(6-2)11(3)10-20-4/h7-9,11H,5-6,10,16H2,1-4H3,(H,17,19). The average Bonchev–Trinajstić information content (AvgIpc) is 2.40. The molecule has 1 unspecified atom stereocenters. The summed E-state index contributed by atoms with van der Waals surface area (Å²) in [4.78, 5) is 14.3. The van der Waals surface area contributed by atoms with Gasteiger partial charge in [0.15, 0.2) is 0 Å². The zero-order valence-corrected chi connectivity index (χ0v) is 12.8. The first-order valence-electron chi connectivity index (χ1n) is 6.98. The molecule has 0 aliphatic heterocycles. The number of carbonyl (C=O) groups is 1. The van der Waals surface area contributed by atoms with Crippen molar-refractivity contribution in [2.75, 3.05) is 37.4 Å². The summed E-state index contributed by atoms with van der Waals surface area (Å²) in [6.45, 7) is 7.99. The molecule has 5 heteroatoms. The van der Waals surface area contributed by atoms with Gasteiger partial charge in [-0.2, -0.15) is 0 Å². The maximum atomic E-state index is 12.2. The van der Waals surface area contributed by atoms with Gasteiger partial charge in [-0.25, -0.2) is 0 Å².